The second-order valence-electron chi connectivity index (χ2n) is 3.70. The molecule has 2 rings (SSSR count). The number of benzene rings is 1. The molecule has 1 aromatic heterocycles. The first-order chi connectivity index (χ1) is 9.20. The molecule has 0 saturated heterocycles. The predicted molar refractivity (Wildman–Crippen MR) is 69.4 cm³/mol. The van der Waals surface area contributed by atoms with Crippen LogP contribution in [0.3, 0.4) is 0 Å². The van der Waals surface area contributed by atoms with E-state index in [-0.39, 0.29) is 12.5 Å². The van der Waals surface area contributed by atoms with E-state index in [1.807, 2.05) is 0 Å². The second kappa shape index (κ2) is 5.80. The number of aliphatic hydroxyl groups is 1. The molecule has 0 unspecified atom stereocenters. The van der Waals surface area contributed by atoms with Crippen molar-refractivity contribution in [2.75, 3.05) is 11.9 Å². The van der Waals surface area contributed by atoms with Crippen molar-refractivity contribution in [1.82, 2.24) is 14.8 Å². The molecule has 6 heteroatoms. The lowest BCUT2D eigenvalue weighted by atomic mass is 10.1. The van der Waals surface area contributed by atoms with Gasteiger partial charge in [0.25, 0.3) is 5.91 Å². The molecule has 0 bridgehead atoms. The molecule has 6 nitrogen and oxygen atoms in total. The van der Waals surface area contributed by atoms with E-state index in [9.17, 15) is 4.79 Å². The number of rotatable bonds is 2. The summed E-state index contributed by atoms with van der Waals surface area (Å²) in [5.41, 5.74) is 1.24. The van der Waals surface area contributed by atoms with Gasteiger partial charge in [0.05, 0.1) is 0 Å². The summed E-state index contributed by atoms with van der Waals surface area (Å²) in [5, 5.41) is 15.1. The normalized spacial score (nSPS) is 9.58. The summed E-state index contributed by atoms with van der Waals surface area (Å²) in [5.74, 6) is 5.41. The molecule has 0 atom stereocenters. The van der Waals surface area contributed by atoms with Gasteiger partial charge in [-0.05, 0) is 24.3 Å². The van der Waals surface area contributed by atoms with Crippen molar-refractivity contribution in [2.45, 2.75) is 0 Å². The lowest BCUT2D eigenvalue weighted by Crippen LogP contribution is -2.15. The van der Waals surface area contributed by atoms with E-state index in [4.69, 9.17) is 5.11 Å². The highest BCUT2D eigenvalue weighted by Crippen LogP contribution is 2.06. The fraction of sp³-hybridized carbons (Fsp3) is 0.154. The monoisotopic (exact) mass is 256 g/mol. The van der Waals surface area contributed by atoms with Crippen molar-refractivity contribution >= 4 is 11.9 Å². The molecule has 0 spiro atoms. The van der Waals surface area contributed by atoms with Gasteiger partial charge in [-0.3, -0.25) is 10.1 Å². The minimum atomic E-state index is -0.266. The molecule has 2 N–H and O–H groups in total. The smallest absolute Gasteiger partial charge is 0.258 e. The third-order valence-electron chi connectivity index (χ3n) is 2.40. The number of anilines is 1. The van der Waals surface area contributed by atoms with Crippen LogP contribution in [-0.4, -0.2) is 32.4 Å². The van der Waals surface area contributed by atoms with Gasteiger partial charge in [-0.25, -0.2) is 4.68 Å². The van der Waals surface area contributed by atoms with E-state index in [2.05, 4.69) is 27.2 Å². The van der Waals surface area contributed by atoms with Crippen molar-refractivity contribution in [3.8, 4) is 11.8 Å². The van der Waals surface area contributed by atoms with Gasteiger partial charge in [0, 0.05) is 18.2 Å². The molecular weight excluding hydrogens is 244 g/mol. The minimum absolute atomic E-state index is 0.186. The highest BCUT2D eigenvalue weighted by atomic mass is 16.2. The van der Waals surface area contributed by atoms with Crippen molar-refractivity contribution in [1.29, 1.82) is 0 Å². The van der Waals surface area contributed by atoms with Gasteiger partial charge in [-0.15, -0.1) is 0 Å². The van der Waals surface area contributed by atoms with E-state index in [0.717, 1.165) is 5.56 Å². The Hall–Kier alpha value is -2.65. The van der Waals surface area contributed by atoms with Crippen molar-refractivity contribution in [3.05, 3.63) is 41.7 Å². The molecule has 96 valence electrons. The fourth-order valence-corrected chi connectivity index (χ4v) is 1.43. The number of nitrogens with one attached hydrogen (secondary N) is 1. The summed E-state index contributed by atoms with van der Waals surface area (Å²) in [4.78, 5) is 15.8. The fourth-order valence-electron chi connectivity index (χ4n) is 1.43. The van der Waals surface area contributed by atoms with Crippen LogP contribution < -0.4 is 5.32 Å². The third kappa shape index (κ3) is 3.18. The Labute approximate surface area is 110 Å². The maximum Gasteiger partial charge on any atom is 0.258 e. The summed E-state index contributed by atoms with van der Waals surface area (Å²) >= 11 is 0. The van der Waals surface area contributed by atoms with Gasteiger partial charge >= 0.3 is 0 Å². The number of hydrogen-bond acceptors (Lipinski definition) is 4. The zero-order valence-electron chi connectivity index (χ0n) is 10.3. The number of aryl methyl sites for hydroxylation is 1. The maximum atomic E-state index is 11.9. The highest BCUT2D eigenvalue weighted by Gasteiger charge is 2.08. The summed E-state index contributed by atoms with van der Waals surface area (Å²) < 4.78 is 1.47. The van der Waals surface area contributed by atoms with Crippen molar-refractivity contribution < 1.29 is 9.90 Å². The average molecular weight is 256 g/mol. The Bertz CT molecular complexity index is 635. The third-order valence-corrected chi connectivity index (χ3v) is 2.40. The summed E-state index contributed by atoms with van der Waals surface area (Å²) in [6.45, 7) is -0.186. The highest BCUT2D eigenvalue weighted by molar-refractivity contribution is 6.03. The first-order valence-corrected chi connectivity index (χ1v) is 5.56. The zero-order chi connectivity index (χ0) is 13.7. The van der Waals surface area contributed by atoms with Gasteiger partial charge in [-0.1, -0.05) is 11.8 Å². The van der Waals surface area contributed by atoms with E-state index in [0.29, 0.717) is 11.5 Å². The Kier molecular flexibility index (Phi) is 3.90. The Morgan fingerprint density at radius 3 is 2.74 bits per heavy atom. The van der Waals surface area contributed by atoms with Crippen LogP contribution in [0.5, 0.6) is 0 Å². The van der Waals surface area contributed by atoms with Gasteiger partial charge in [-0.2, -0.15) is 10.1 Å². The number of hydrogen-bond donors (Lipinski definition) is 2. The SMILES string of the molecule is Cn1ncnc1NC(=O)c1ccc(C#CCO)cc1. The number of carbonyl (C=O) groups excluding carboxylic acids is 1. The van der Waals surface area contributed by atoms with Crippen molar-refractivity contribution in [2.24, 2.45) is 7.05 Å². The molecule has 2 aromatic rings. The molecule has 0 aliphatic rings. The van der Waals surface area contributed by atoms with E-state index in [1.54, 1.807) is 31.3 Å². The van der Waals surface area contributed by atoms with Crippen LogP contribution in [0.2, 0.25) is 0 Å². The number of aliphatic hydroxyl groups excluding tert-OH is 1. The Morgan fingerprint density at radius 1 is 1.42 bits per heavy atom. The maximum absolute atomic E-state index is 11.9. The molecule has 1 heterocycles. The van der Waals surface area contributed by atoms with Gasteiger partial charge in [0.1, 0.15) is 12.9 Å². The molecule has 0 aliphatic heterocycles. The molecule has 0 saturated carbocycles. The second-order valence-corrected chi connectivity index (χ2v) is 3.70. The average Bonchev–Trinajstić information content (AvgIpc) is 2.82. The Morgan fingerprint density at radius 2 is 2.16 bits per heavy atom. The molecule has 0 fully saturated rings. The number of nitrogens with zero attached hydrogens (tertiary/aromatic N) is 3. The van der Waals surface area contributed by atoms with Crippen LogP contribution in [0.4, 0.5) is 5.95 Å². The van der Waals surface area contributed by atoms with E-state index in [1.165, 1.54) is 11.0 Å². The molecular formula is C13H12N4O2. The Balaban J connectivity index is 2.10. The van der Waals surface area contributed by atoms with Crippen LogP contribution >= 0.6 is 0 Å². The molecule has 0 radical (unpaired) electrons. The lowest BCUT2D eigenvalue weighted by Gasteiger charge is -2.03. The standard InChI is InChI=1S/C13H12N4O2/c1-17-13(14-9-15-17)16-12(19)11-6-4-10(5-7-11)3-2-8-18/h4-7,9,18H,8H2,1H3,(H,14,15,16,19). The topological polar surface area (TPSA) is 80.0 Å². The molecule has 19 heavy (non-hydrogen) atoms. The molecule has 1 aromatic carbocycles. The quantitative estimate of drug-likeness (QED) is 0.763. The van der Waals surface area contributed by atoms with Crippen LogP contribution in [0.25, 0.3) is 0 Å². The van der Waals surface area contributed by atoms with Crippen LogP contribution in [0, 0.1) is 11.8 Å². The lowest BCUT2D eigenvalue weighted by molar-refractivity contribution is 0.102. The zero-order valence-corrected chi connectivity index (χ0v) is 10.3. The first kappa shape index (κ1) is 12.8. The number of aromatic nitrogens is 3. The van der Waals surface area contributed by atoms with Gasteiger partial charge < -0.3 is 5.11 Å². The first-order valence-electron chi connectivity index (χ1n) is 5.56. The summed E-state index contributed by atoms with van der Waals surface area (Å²) in [6.07, 6.45) is 1.36. The van der Waals surface area contributed by atoms with Crippen molar-refractivity contribution in [3.63, 3.8) is 0 Å². The predicted octanol–water partition coefficient (Wildman–Crippen LogP) is 0.411. The summed E-state index contributed by atoms with van der Waals surface area (Å²) in [6, 6.07) is 6.75. The van der Waals surface area contributed by atoms with E-state index < -0.39 is 0 Å². The van der Waals surface area contributed by atoms with Crippen LogP contribution in [-0.2, 0) is 7.05 Å². The molecule has 0 aliphatic carbocycles. The number of amides is 1. The van der Waals surface area contributed by atoms with Gasteiger partial charge in [0.2, 0.25) is 5.95 Å². The number of carbonyl (C=O) groups is 1. The molecule has 1 amide bonds. The van der Waals surface area contributed by atoms with Gasteiger partial charge in [0.15, 0.2) is 0 Å². The summed E-state index contributed by atoms with van der Waals surface area (Å²) in [7, 11) is 1.69. The van der Waals surface area contributed by atoms with Crippen LogP contribution in [0.15, 0.2) is 30.6 Å². The minimum Gasteiger partial charge on any atom is -0.384 e. The van der Waals surface area contributed by atoms with Crippen LogP contribution in [0.1, 0.15) is 15.9 Å². The van der Waals surface area contributed by atoms with E-state index >= 15 is 0 Å². The largest absolute Gasteiger partial charge is 0.384 e.